The van der Waals surface area contributed by atoms with E-state index in [2.05, 4.69) is 4.18 Å². The molecule has 0 saturated heterocycles. The first-order chi connectivity index (χ1) is 5.15. The van der Waals surface area contributed by atoms with Gasteiger partial charge in [0.25, 0.3) is 11.0 Å². The first-order valence-electron chi connectivity index (χ1n) is 2.66. The van der Waals surface area contributed by atoms with Crippen LogP contribution in [0.4, 0.5) is 13.2 Å². The predicted octanol–water partition coefficient (Wildman–Crippen LogP) is 0.227. The highest BCUT2D eigenvalue weighted by Crippen LogP contribution is 2.15. The molecule has 0 rings (SSSR count). The van der Waals surface area contributed by atoms with Crippen molar-refractivity contribution >= 4 is 11.0 Å². The molecule has 0 aliphatic rings. The summed E-state index contributed by atoms with van der Waals surface area (Å²) in [6, 6.07) is 0. The van der Waals surface area contributed by atoms with E-state index in [-0.39, 0.29) is 0 Å². The normalized spacial score (nSPS) is 11.3. The lowest BCUT2D eigenvalue weighted by molar-refractivity contribution is -0.270. The van der Waals surface area contributed by atoms with Gasteiger partial charge in [-0.2, -0.15) is 4.18 Å². The van der Waals surface area contributed by atoms with Crippen molar-refractivity contribution in [2.75, 3.05) is 21.1 Å². The van der Waals surface area contributed by atoms with Crippen LogP contribution in [0.25, 0.3) is 0 Å². The average molecular weight is 209 g/mol. The third-order valence-corrected chi connectivity index (χ3v) is 0.534. The standard InChI is InChI=1S/C3H9N.CHF3O3S/c1-4(2)3;2-1(3,4)7-8(5)6/h1-3H3;8H. The molecule has 0 saturated carbocycles. The highest BCUT2D eigenvalue weighted by atomic mass is 32.2. The van der Waals surface area contributed by atoms with Crippen molar-refractivity contribution < 1.29 is 25.8 Å². The second kappa shape index (κ2) is 6.21. The Bertz CT molecular complexity index is 166. The lowest BCUT2D eigenvalue weighted by atomic mass is 11.0. The predicted molar refractivity (Wildman–Crippen MR) is 37.1 cm³/mol. The Kier molecular flexibility index (Phi) is 7.34. The number of thiol groups is 1. The van der Waals surface area contributed by atoms with E-state index in [0.717, 1.165) is 0 Å². The molecule has 12 heavy (non-hydrogen) atoms. The molecule has 76 valence electrons. The second-order valence-corrected chi connectivity index (χ2v) is 2.73. The minimum atomic E-state index is -5.07. The first kappa shape index (κ1) is 14.2. The van der Waals surface area contributed by atoms with E-state index in [4.69, 9.17) is 8.42 Å². The molecule has 0 radical (unpaired) electrons. The lowest BCUT2D eigenvalue weighted by Gasteiger charge is -1.96. The van der Waals surface area contributed by atoms with Gasteiger partial charge in [0, 0.05) is 0 Å². The van der Waals surface area contributed by atoms with Crippen LogP contribution in [0.2, 0.25) is 0 Å². The van der Waals surface area contributed by atoms with E-state index in [1.54, 1.807) is 0 Å². The Hall–Kier alpha value is -0.340. The van der Waals surface area contributed by atoms with Gasteiger partial charge >= 0.3 is 6.36 Å². The average Bonchev–Trinajstić information content (AvgIpc) is 1.52. The number of alkyl halides is 3. The first-order valence-corrected chi connectivity index (χ1v) is 3.76. The topological polar surface area (TPSA) is 46.6 Å². The number of hydrogen-bond acceptors (Lipinski definition) is 4. The van der Waals surface area contributed by atoms with Crippen LogP contribution in [0.1, 0.15) is 0 Å². The maximum atomic E-state index is 10.7. The molecule has 0 fully saturated rings. The highest BCUT2D eigenvalue weighted by molar-refractivity contribution is 7.67. The van der Waals surface area contributed by atoms with Crippen molar-refractivity contribution in [3.05, 3.63) is 0 Å². The minimum Gasteiger partial charge on any atom is -0.312 e. The van der Waals surface area contributed by atoms with Gasteiger partial charge in [-0.1, -0.05) is 0 Å². The minimum absolute atomic E-state index is 2.00. The molecule has 0 N–H and O–H groups in total. The molecule has 0 aliphatic heterocycles. The quantitative estimate of drug-likeness (QED) is 0.628. The van der Waals surface area contributed by atoms with Crippen molar-refractivity contribution in [3.8, 4) is 0 Å². The number of hydrogen-bond donors (Lipinski definition) is 1. The molecule has 4 nitrogen and oxygen atoms in total. The lowest BCUT2D eigenvalue weighted by Crippen LogP contribution is -2.11. The maximum absolute atomic E-state index is 10.7. The summed E-state index contributed by atoms with van der Waals surface area (Å²) in [6.07, 6.45) is -5.07. The Balaban J connectivity index is 0. The van der Waals surface area contributed by atoms with Gasteiger partial charge in [0.1, 0.15) is 0 Å². The van der Waals surface area contributed by atoms with Crippen molar-refractivity contribution in [1.82, 2.24) is 4.90 Å². The molecular weight excluding hydrogens is 199 g/mol. The Morgan fingerprint density at radius 2 is 1.42 bits per heavy atom. The molecule has 0 aromatic heterocycles. The summed E-state index contributed by atoms with van der Waals surface area (Å²) in [6.45, 7) is 0. The van der Waals surface area contributed by atoms with Gasteiger partial charge in [0.2, 0.25) is 0 Å². The van der Waals surface area contributed by atoms with Gasteiger partial charge in [-0.15, -0.1) is 13.2 Å². The van der Waals surface area contributed by atoms with Gasteiger partial charge in [0.15, 0.2) is 0 Å². The maximum Gasteiger partial charge on any atom is 0.537 e. The molecule has 0 unspecified atom stereocenters. The fourth-order valence-corrected chi connectivity index (χ4v) is 0.254. The van der Waals surface area contributed by atoms with Crippen LogP contribution in [0, 0.1) is 0 Å². The zero-order valence-corrected chi connectivity index (χ0v) is 7.65. The molecule has 0 bridgehead atoms. The van der Waals surface area contributed by atoms with Crippen LogP contribution in [-0.4, -0.2) is 40.8 Å². The van der Waals surface area contributed by atoms with Gasteiger partial charge in [0.05, 0.1) is 0 Å². The zero-order chi connectivity index (χ0) is 10.4. The third-order valence-electron chi connectivity index (χ3n) is 0.178. The molecule has 0 heterocycles. The zero-order valence-electron chi connectivity index (χ0n) is 6.75. The van der Waals surface area contributed by atoms with Crippen molar-refractivity contribution in [2.24, 2.45) is 0 Å². The molecule has 8 heteroatoms. The van der Waals surface area contributed by atoms with Crippen LogP contribution < -0.4 is 0 Å². The largest absolute Gasteiger partial charge is 0.537 e. The molecule has 0 aromatic carbocycles. The van der Waals surface area contributed by atoms with Crippen LogP contribution in [0.5, 0.6) is 0 Å². The van der Waals surface area contributed by atoms with Crippen LogP contribution >= 0.6 is 0 Å². The van der Waals surface area contributed by atoms with Gasteiger partial charge in [-0.25, -0.2) is 8.42 Å². The molecule has 0 aliphatic carbocycles. The van der Waals surface area contributed by atoms with Gasteiger partial charge < -0.3 is 4.90 Å². The summed E-state index contributed by atoms with van der Waals surface area (Å²) < 4.78 is 52.7. The summed E-state index contributed by atoms with van der Waals surface area (Å²) in [5, 5.41) is 0. The van der Waals surface area contributed by atoms with E-state index >= 15 is 0 Å². The van der Waals surface area contributed by atoms with Crippen molar-refractivity contribution in [3.63, 3.8) is 0 Å². The van der Waals surface area contributed by atoms with E-state index in [1.807, 2.05) is 26.0 Å². The smallest absolute Gasteiger partial charge is 0.312 e. The summed E-state index contributed by atoms with van der Waals surface area (Å²) in [5.74, 6) is 0. The monoisotopic (exact) mass is 209 g/mol. The summed E-state index contributed by atoms with van der Waals surface area (Å²) in [7, 11) is 2.19. The second-order valence-electron chi connectivity index (χ2n) is 2.10. The molecular formula is C4H10F3NO3S. The van der Waals surface area contributed by atoms with Crippen LogP contribution in [-0.2, 0) is 15.2 Å². The molecule has 0 aromatic rings. The van der Waals surface area contributed by atoms with E-state index in [9.17, 15) is 13.2 Å². The number of halogens is 3. The fourth-order valence-electron chi connectivity index (χ4n) is 0.0845. The number of nitrogens with zero attached hydrogens (tertiary/aromatic N) is 1. The Morgan fingerprint density at radius 1 is 1.17 bits per heavy atom. The van der Waals surface area contributed by atoms with E-state index in [0.29, 0.717) is 0 Å². The number of rotatable bonds is 1. The summed E-state index contributed by atoms with van der Waals surface area (Å²) >= 11 is 0. The van der Waals surface area contributed by atoms with E-state index < -0.39 is 17.3 Å². The Labute approximate surface area is 70.1 Å². The van der Waals surface area contributed by atoms with Crippen LogP contribution in [0.15, 0.2) is 0 Å². The third kappa shape index (κ3) is 33.4. The van der Waals surface area contributed by atoms with E-state index in [1.165, 1.54) is 0 Å². The highest BCUT2D eigenvalue weighted by Gasteiger charge is 2.30. The van der Waals surface area contributed by atoms with Gasteiger partial charge in [-0.3, -0.25) is 0 Å². The summed E-state index contributed by atoms with van der Waals surface area (Å²) in [5.41, 5.74) is 0. The molecule has 0 amide bonds. The fraction of sp³-hybridized carbons (Fsp3) is 1.00. The van der Waals surface area contributed by atoms with Gasteiger partial charge in [-0.05, 0) is 21.1 Å². The van der Waals surface area contributed by atoms with Crippen LogP contribution in [0.3, 0.4) is 0 Å². The van der Waals surface area contributed by atoms with Crippen molar-refractivity contribution in [2.45, 2.75) is 6.36 Å². The molecule has 0 atom stereocenters. The van der Waals surface area contributed by atoms with Crippen molar-refractivity contribution in [1.29, 1.82) is 0 Å². The SMILES string of the molecule is CN(C)C.O=[SH](=O)OC(F)(F)F. The Morgan fingerprint density at radius 3 is 1.42 bits per heavy atom. The summed E-state index contributed by atoms with van der Waals surface area (Å²) in [4.78, 5) is 2.00. The molecule has 0 spiro atoms.